The van der Waals surface area contributed by atoms with Crippen molar-refractivity contribution in [3.05, 3.63) is 36.6 Å². The number of nitrogens with zero attached hydrogens (tertiary/aromatic N) is 3. The molecule has 0 amide bonds. The zero-order chi connectivity index (χ0) is 13.0. The molecular formula is C12H17FN4O. The molecule has 0 aliphatic carbocycles. The molecule has 5 nitrogen and oxygen atoms in total. The summed E-state index contributed by atoms with van der Waals surface area (Å²) >= 11 is 0. The smallest absolute Gasteiger partial charge is 0.139 e. The molecule has 0 saturated carbocycles. The van der Waals surface area contributed by atoms with Crippen LogP contribution in [0.1, 0.15) is 6.92 Å². The molecule has 18 heavy (non-hydrogen) atoms. The van der Waals surface area contributed by atoms with Gasteiger partial charge in [-0.1, -0.05) is 0 Å². The summed E-state index contributed by atoms with van der Waals surface area (Å²) in [4.78, 5) is 1.64. The van der Waals surface area contributed by atoms with E-state index in [1.54, 1.807) is 21.9 Å². The van der Waals surface area contributed by atoms with Crippen molar-refractivity contribution in [1.29, 1.82) is 0 Å². The van der Waals surface area contributed by atoms with E-state index in [0.717, 1.165) is 5.69 Å². The second kappa shape index (κ2) is 5.79. The fraction of sp³-hybridized carbons (Fsp3) is 0.417. The molecule has 0 saturated heterocycles. The van der Waals surface area contributed by atoms with Crippen LogP contribution in [0.25, 0.3) is 0 Å². The minimum atomic E-state index is -0.367. The van der Waals surface area contributed by atoms with E-state index < -0.39 is 0 Å². The number of nitrogens with two attached hydrogens (primary N) is 1. The number of aromatic nitrogens is 2. The van der Waals surface area contributed by atoms with Gasteiger partial charge in [0, 0.05) is 19.0 Å². The Morgan fingerprint density at radius 1 is 1.56 bits per heavy atom. The van der Waals surface area contributed by atoms with Crippen molar-refractivity contribution in [2.45, 2.75) is 19.6 Å². The number of rotatable bonds is 5. The first-order valence-electron chi connectivity index (χ1n) is 5.90. The summed E-state index contributed by atoms with van der Waals surface area (Å²) in [5.74, 6) is -0.321. The number of hydrogen-bond acceptors (Lipinski definition) is 4. The van der Waals surface area contributed by atoms with E-state index in [1.165, 1.54) is 12.3 Å². The number of allylic oxidation sites excluding steroid dienone is 2. The second-order valence-electron chi connectivity index (χ2n) is 3.93. The standard InChI is InChI=1S/C12H17FN4O/c1-2-18-6-5-16-9-11(7-15-16)17-8-10(13)3-4-12(17)14/h3-4,7-9,12H,2,5-6,14H2,1H3. The summed E-state index contributed by atoms with van der Waals surface area (Å²) in [6.07, 6.45) is 7.45. The average Bonchev–Trinajstić information content (AvgIpc) is 2.81. The average molecular weight is 252 g/mol. The Kier molecular flexibility index (Phi) is 4.11. The van der Waals surface area contributed by atoms with Gasteiger partial charge in [0.2, 0.25) is 0 Å². The molecule has 0 radical (unpaired) electrons. The van der Waals surface area contributed by atoms with Crippen molar-refractivity contribution in [2.75, 3.05) is 18.1 Å². The summed E-state index contributed by atoms with van der Waals surface area (Å²) in [6.45, 7) is 3.90. The third-order valence-corrected chi connectivity index (χ3v) is 2.62. The molecule has 0 spiro atoms. The molecular weight excluding hydrogens is 235 g/mol. The molecule has 0 bridgehead atoms. The zero-order valence-electron chi connectivity index (χ0n) is 10.3. The normalized spacial score (nSPS) is 19.2. The topological polar surface area (TPSA) is 56.3 Å². The monoisotopic (exact) mass is 252 g/mol. The summed E-state index contributed by atoms with van der Waals surface area (Å²) in [5, 5.41) is 4.19. The lowest BCUT2D eigenvalue weighted by atomic mass is 10.2. The van der Waals surface area contributed by atoms with Crippen molar-refractivity contribution in [3.8, 4) is 0 Å². The third kappa shape index (κ3) is 2.96. The van der Waals surface area contributed by atoms with Gasteiger partial charge >= 0.3 is 0 Å². The van der Waals surface area contributed by atoms with Crippen LogP contribution in [0.5, 0.6) is 0 Å². The predicted octanol–water partition coefficient (Wildman–Crippen LogP) is 1.39. The van der Waals surface area contributed by atoms with Gasteiger partial charge < -0.3 is 15.4 Å². The van der Waals surface area contributed by atoms with Crippen molar-refractivity contribution < 1.29 is 9.13 Å². The van der Waals surface area contributed by atoms with Crippen LogP contribution in [0.3, 0.4) is 0 Å². The van der Waals surface area contributed by atoms with E-state index in [0.29, 0.717) is 19.8 Å². The van der Waals surface area contributed by atoms with Crippen LogP contribution in [-0.2, 0) is 11.3 Å². The summed E-state index contributed by atoms with van der Waals surface area (Å²) in [6, 6.07) is 0. The summed E-state index contributed by atoms with van der Waals surface area (Å²) < 4.78 is 20.2. The van der Waals surface area contributed by atoms with Crippen LogP contribution in [0, 0.1) is 0 Å². The highest BCUT2D eigenvalue weighted by Crippen LogP contribution is 2.20. The van der Waals surface area contributed by atoms with Gasteiger partial charge in [0.05, 0.1) is 25.0 Å². The quantitative estimate of drug-likeness (QED) is 0.805. The van der Waals surface area contributed by atoms with E-state index in [4.69, 9.17) is 10.5 Å². The van der Waals surface area contributed by atoms with Gasteiger partial charge in [-0.25, -0.2) is 4.39 Å². The Hall–Kier alpha value is -1.66. The van der Waals surface area contributed by atoms with Crippen molar-refractivity contribution in [2.24, 2.45) is 5.73 Å². The Bertz CT molecular complexity index is 455. The molecule has 2 N–H and O–H groups in total. The molecule has 0 aromatic carbocycles. The maximum Gasteiger partial charge on any atom is 0.139 e. The molecule has 1 aromatic heterocycles. The molecule has 2 heterocycles. The predicted molar refractivity (Wildman–Crippen MR) is 67.5 cm³/mol. The molecule has 0 fully saturated rings. The number of hydrogen-bond donors (Lipinski definition) is 1. The number of ether oxygens (including phenoxy) is 1. The highest BCUT2D eigenvalue weighted by molar-refractivity contribution is 5.50. The lowest BCUT2D eigenvalue weighted by Crippen LogP contribution is -2.38. The number of halogens is 1. The first-order chi connectivity index (χ1) is 8.70. The zero-order valence-corrected chi connectivity index (χ0v) is 10.3. The van der Waals surface area contributed by atoms with Crippen molar-refractivity contribution in [1.82, 2.24) is 9.78 Å². The summed E-state index contributed by atoms with van der Waals surface area (Å²) in [7, 11) is 0. The lowest BCUT2D eigenvalue weighted by molar-refractivity contribution is 0.136. The molecule has 98 valence electrons. The minimum Gasteiger partial charge on any atom is -0.380 e. The van der Waals surface area contributed by atoms with Crippen LogP contribution < -0.4 is 10.6 Å². The van der Waals surface area contributed by atoms with E-state index in [2.05, 4.69) is 5.10 Å². The summed E-state index contributed by atoms with van der Waals surface area (Å²) in [5.41, 5.74) is 6.63. The Balaban J connectivity index is 2.03. The molecule has 1 unspecified atom stereocenters. The molecule has 1 atom stereocenters. The van der Waals surface area contributed by atoms with E-state index in [9.17, 15) is 4.39 Å². The van der Waals surface area contributed by atoms with E-state index in [-0.39, 0.29) is 12.0 Å². The first-order valence-corrected chi connectivity index (χ1v) is 5.90. The van der Waals surface area contributed by atoms with Gasteiger partial charge in [-0.3, -0.25) is 4.68 Å². The van der Waals surface area contributed by atoms with Crippen LogP contribution in [0.2, 0.25) is 0 Å². The third-order valence-electron chi connectivity index (χ3n) is 2.62. The van der Waals surface area contributed by atoms with Crippen LogP contribution in [0.15, 0.2) is 36.6 Å². The second-order valence-corrected chi connectivity index (χ2v) is 3.93. The maximum absolute atomic E-state index is 13.2. The Morgan fingerprint density at radius 2 is 2.39 bits per heavy atom. The molecule has 1 aliphatic heterocycles. The van der Waals surface area contributed by atoms with Crippen molar-refractivity contribution in [3.63, 3.8) is 0 Å². The molecule has 1 aromatic rings. The molecule has 2 rings (SSSR count). The maximum atomic E-state index is 13.2. The van der Waals surface area contributed by atoms with Crippen LogP contribution in [0.4, 0.5) is 10.1 Å². The van der Waals surface area contributed by atoms with Gasteiger partial charge in [0.25, 0.3) is 0 Å². The largest absolute Gasteiger partial charge is 0.380 e. The Morgan fingerprint density at radius 3 is 3.17 bits per heavy atom. The van der Waals surface area contributed by atoms with Crippen LogP contribution >= 0.6 is 0 Å². The van der Waals surface area contributed by atoms with Crippen molar-refractivity contribution >= 4 is 5.69 Å². The van der Waals surface area contributed by atoms with Gasteiger partial charge in [-0.15, -0.1) is 0 Å². The highest BCUT2D eigenvalue weighted by atomic mass is 19.1. The van der Waals surface area contributed by atoms with Gasteiger partial charge in [-0.2, -0.15) is 5.10 Å². The molecule has 6 heteroatoms. The van der Waals surface area contributed by atoms with E-state index >= 15 is 0 Å². The van der Waals surface area contributed by atoms with E-state index in [1.807, 2.05) is 13.1 Å². The van der Waals surface area contributed by atoms with Gasteiger partial charge in [0.1, 0.15) is 12.0 Å². The fourth-order valence-corrected chi connectivity index (χ4v) is 1.70. The number of anilines is 1. The first kappa shape index (κ1) is 12.8. The Labute approximate surface area is 105 Å². The van der Waals surface area contributed by atoms with Crippen LogP contribution in [-0.4, -0.2) is 29.2 Å². The van der Waals surface area contributed by atoms with Gasteiger partial charge in [0.15, 0.2) is 0 Å². The fourth-order valence-electron chi connectivity index (χ4n) is 1.70. The minimum absolute atomic E-state index is 0.321. The SMILES string of the molecule is CCOCCn1cc(N2C=C(F)C=CC2N)cn1. The highest BCUT2D eigenvalue weighted by Gasteiger charge is 2.16. The lowest BCUT2D eigenvalue weighted by Gasteiger charge is -2.25. The van der Waals surface area contributed by atoms with Gasteiger partial charge in [-0.05, 0) is 19.1 Å². The molecule has 1 aliphatic rings.